The van der Waals surface area contributed by atoms with E-state index in [1.54, 1.807) is 24.3 Å². The van der Waals surface area contributed by atoms with Gasteiger partial charge in [-0.15, -0.1) is 0 Å². The van der Waals surface area contributed by atoms with Gasteiger partial charge >= 0.3 is 5.97 Å². The second-order valence-corrected chi connectivity index (χ2v) is 5.17. The number of thioether (sulfide) groups is 1. The van der Waals surface area contributed by atoms with Gasteiger partial charge in [0.05, 0.1) is 0 Å². The smallest absolute Gasteiger partial charge is 0.319 e. The van der Waals surface area contributed by atoms with Crippen molar-refractivity contribution in [2.24, 2.45) is 0 Å². The molecule has 15 heavy (non-hydrogen) atoms. The Bertz CT molecular complexity index is 371. The van der Waals surface area contributed by atoms with Gasteiger partial charge in [0, 0.05) is 5.56 Å². The molecule has 4 heteroatoms. The van der Waals surface area contributed by atoms with E-state index in [9.17, 15) is 9.59 Å². The molecule has 1 aromatic carbocycles. The van der Waals surface area contributed by atoms with Crippen molar-refractivity contribution >= 4 is 22.8 Å². The zero-order valence-corrected chi connectivity index (χ0v) is 9.38. The Labute approximate surface area is 92.5 Å². The Morgan fingerprint density at radius 2 is 1.73 bits per heavy atom. The number of carbonyl (C=O) groups is 2. The summed E-state index contributed by atoms with van der Waals surface area (Å²) in [4.78, 5) is 22.5. The first-order valence-electron chi connectivity index (χ1n) is 4.45. The molecule has 0 heterocycles. The topological polar surface area (TPSA) is 54.4 Å². The Morgan fingerprint density at radius 1 is 1.20 bits per heavy atom. The fraction of sp³-hybridized carbons (Fsp3) is 0.273. The molecule has 80 valence electrons. The molecule has 0 aliphatic carbocycles. The summed E-state index contributed by atoms with van der Waals surface area (Å²) in [5.41, 5.74) is 0.525. The fourth-order valence-corrected chi connectivity index (χ4v) is 1.71. The molecule has 0 saturated heterocycles. The van der Waals surface area contributed by atoms with E-state index in [4.69, 9.17) is 5.11 Å². The molecule has 0 saturated carbocycles. The summed E-state index contributed by atoms with van der Waals surface area (Å²) in [6, 6.07) is 8.66. The first kappa shape index (κ1) is 11.8. The van der Waals surface area contributed by atoms with E-state index in [2.05, 4.69) is 0 Å². The van der Waals surface area contributed by atoms with Gasteiger partial charge in [-0.1, -0.05) is 42.1 Å². The van der Waals surface area contributed by atoms with E-state index < -0.39 is 10.7 Å². The largest absolute Gasteiger partial charge is 0.480 e. The average molecular weight is 224 g/mol. The second-order valence-electron chi connectivity index (χ2n) is 3.57. The van der Waals surface area contributed by atoms with Crippen LogP contribution in [0.1, 0.15) is 24.2 Å². The lowest BCUT2D eigenvalue weighted by atomic mass is 10.2. The van der Waals surface area contributed by atoms with Crippen molar-refractivity contribution < 1.29 is 14.7 Å². The Morgan fingerprint density at radius 3 is 2.20 bits per heavy atom. The number of rotatable bonds is 3. The summed E-state index contributed by atoms with van der Waals surface area (Å²) in [5, 5.41) is 8.64. The molecule has 1 N–H and O–H groups in total. The van der Waals surface area contributed by atoms with E-state index in [0.29, 0.717) is 5.56 Å². The molecule has 1 aromatic rings. The average Bonchev–Trinajstić information content (AvgIpc) is 2.18. The van der Waals surface area contributed by atoms with Crippen LogP contribution in [0.3, 0.4) is 0 Å². The lowest BCUT2D eigenvalue weighted by Gasteiger charge is -2.16. The molecule has 0 radical (unpaired) electrons. The third-order valence-corrected chi connectivity index (χ3v) is 2.98. The van der Waals surface area contributed by atoms with Crippen LogP contribution in [0.25, 0.3) is 0 Å². The molecule has 0 unspecified atom stereocenters. The maximum absolute atomic E-state index is 11.7. The standard InChI is InChI=1S/C11H12O3S/c1-11(2,10(13)14)15-9(12)8-6-4-3-5-7-8/h3-7H,1-2H3,(H,13,14). The number of hydrogen-bond donors (Lipinski definition) is 1. The third-order valence-electron chi connectivity index (χ3n) is 1.87. The highest BCUT2D eigenvalue weighted by Crippen LogP contribution is 2.28. The van der Waals surface area contributed by atoms with E-state index in [1.807, 2.05) is 6.07 Å². The van der Waals surface area contributed by atoms with Crippen molar-refractivity contribution in [1.82, 2.24) is 0 Å². The summed E-state index contributed by atoms with van der Waals surface area (Å²) in [7, 11) is 0. The molecule has 0 amide bonds. The molecule has 0 fully saturated rings. The van der Waals surface area contributed by atoms with Crippen LogP contribution in [0, 0.1) is 0 Å². The monoisotopic (exact) mass is 224 g/mol. The van der Waals surface area contributed by atoms with Crippen LogP contribution in [0.4, 0.5) is 0 Å². The summed E-state index contributed by atoms with van der Waals surface area (Å²) >= 11 is 0.825. The van der Waals surface area contributed by atoms with Crippen LogP contribution >= 0.6 is 11.8 Å². The summed E-state index contributed by atoms with van der Waals surface area (Å²) in [5.74, 6) is -0.989. The van der Waals surface area contributed by atoms with Gasteiger partial charge in [0.1, 0.15) is 4.75 Å². The van der Waals surface area contributed by atoms with Crippen molar-refractivity contribution in [3.63, 3.8) is 0 Å². The number of aliphatic carboxylic acids is 1. The highest BCUT2D eigenvalue weighted by molar-refractivity contribution is 8.15. The molecule has 0 atom stereocenters. The Hall–Kier alpha value is -1.29. The highest BCUT2D eigenvalue weighted by Gasteiger charge is 2.31. The number of benzene rings is 1. The molecular weight excluding hydrogens is 212 g/mol. The maximum Gasteiger partial charge on any atom is 0.319 e. The van der Waals surface area contributed by atoms with Gasteiger partial charge in [0.25, 0.3) is 0 Å². The van der Waals surface area contributed by atoms with Crippen LogP contribution in [0.15, 0.2) is 30.3 Å². The molecule has 3 nitrogen and oxygen atoms in total. The fourth-order valence-electron chi connectivity index (χ4n) is 0.909. The predicted octanol–water partition coefficient (Wildman–Crippen LogP) is 2.42. The number of carbonyl (C=O) groups excluding carboxylic acids is 1. The van der Waals surface area contributed by atoms with E-state index in [1.165, 1.54) is 13.8 Å². The summed E-state index contributed by atoms with van der Waals surface area (Å²) in [6.07, 6.45) is 0. The molecule has 0 aromatic heterocycles. The minimum absolute atomic E-state index is 0.219. The lowest BCUT2D eigenvalue weighted by molar-refractivity contribution is -0.138. The molecular formula is C11H12O3S. The van der Waals surface area contributed by atoms with Gasteiger partial charge in [-0.05, 0) is 13.8 Å². The molecule has 0 spiro atoms. The third kappa shape index (κ3) is 3.09. The van der Waals surface area contributed by atoms with Crippen LogP contribution in [0.2, 0.25) is 0 Å². The van der Waals surface area contributed by atoms with Crippen LogP contribution in [-0.4, -0.2) is 20.9 Å². The van der Waals surface area contributed by atoms with Crippen molar-refractivity contribution in [1.29, 1.82) is 0 Å². The highest BCUT2D eigenvalue weighted by atomic mass is 32.2. The number of carboxylic acid groups (broad SMARTS) is 1. The lowest BCUT2D eigenvalue weighted by Crippen LogP contribution is -2.28. The minimum Gasteiger partial charge on any atom is -0.480 e. The normalized spacial score (nSPS) is 11.1. The second kappa shape index (κ2) is 4.49. The first-order valence-corrected chi connectivity index (χ1v) is 5.27. The van der Waals surface area contributed by atoms with Crippen molar-refractivity contribution in [3.05, 3.63) is 35.9 Å². The van der Waals surface area contributed by atoms with Crippen molar-refractivity contribution in [2.75, 3.05) is 0 Å². The number of hydrogen-bond acceptors (Lipinski definition) is 3. The van der Waals surface area contributed by atoms with Gasteiger partial charge in [-0.2, -0.15) is 0 Å². The molecule has 0 bridgehead atoms. The van der Waals surface area contributed by atoms with Gasteiger partial charge in [0.2, 0.25) is 5.12 Å². The van der Waals surface area contributed by atoms with Crippen LogP contribution in [0.5, 0.6) is 0 Å². The molecule has 1 rings (SSSR count). The van der Waals surface area contributed by atoms with Gasteiger partial charge in [0.15, 0.2) is 0 Å². The van der Waals surface area contributed by atoms with Crippen molar-refractivity contribution in [3.8, 4) is 0 Å². The van der Waals surface area contributed by atoms with E-state index in [-0.39, 0.29) is 5.12 Å². The SMILES string of the molecule is CC(C)(SC(=O)c1ccccc1)C(=O)O. The Balaban J connectivity index is 2.77. The number of carboxylic acids is 1. The molecule has 0 aliphatic heterocycles. The zero-order chi connectivity index (χ0) is 11.5. The van der Waals surface area contributed by atoms with Crippen LogP contribution < -0.4 is 0 Å². The quantitative estimate of drug-likeness (QED) is 0.856. The summed E-state index contributed by atoms with van der Waals surface area (Å²) in [6.45, 7) is 3.03. The van der Waals surface area contributed by atoms with Gasteiger partial charge in [-0.3, -0.25) is 9.59 Å². The van der Waals surface area contributed by atoms with E-state index >= 15 is 0 Å². The first-order chi connectivity index (χ1) is 6.93. The van der Waals surface area contributed by atoms with Gasteiger partial charge < -0.3 is 5.11 Å². The Kier molecular flexibility index (Phi) is 3.52. The predicted molar refractivity (Wildman–Crippen MR) is 60.1 cm³/mol. The summed E-state index contributed by atoms with van der Waals surface area (Å²) < 4.78 is -1.09. The van der Waals surface area contributed by atoms with E-state index in [0.717, 1.165) is 11.8 Å². The van der Waals surface area contributed by atoms with Crippen molar-refractivity contribution in [2.45, 2.75) is 18.6 Å². The zero-order valence-electron chi connectivity index (χ0n) is 8.56. The maximum atomic E-state index is 11.7. The van der Waals surface area contributed by atoms with Crippen LogP contribution in [-0.2, 0) is 4.79 Å². The minimum atomic E-state index is -1.09. The molecule has 0 aliphatic rings. The van der Waals surface area contributed by atoms with Gasteiger partial charge in [-0.25, -0.2) is 0 Å².